The minimum Gasteiger partial charge on any atom is -0.298 e. The summed E-state index contributed by atoms with van der Waals surface area (Å²) in [6, 6.07) is 4.34. The molecule has 0 N–H and O–H groups in total. The summed E-state index contributed by atoms with van der Waals surface area (Å²) in [6.07, 6.45) is 2.37. The largest absolute Gasteiger partial charge is 0.298 e. The van der Waals surface area contributed by atoms with E-state index >= 15 is 0 Å². The molecule has 1 fully saturated rings. The lowest BCUT2D eigenvalue weighted by Crippen LogP contribution is -2.29. The Kier molecular flexibility index (Phi) is 2.81. The predicted octanol–water partition coefficient (Wildman–Crippen LogP) is 2.90. The second-order valence-electron chi connectivity index (χ2n) is 3.61. The van der Waals surface area contributed by atoms with Crippen molar-refractivity contribution in [3.63, 3.8) is 0 Å². The molecule has 1 saturated heterocycles. The van der Waals surface area contributed by atoms with Gasteiger partial charge in [0.05, 0.1) is 0 Å². The van der Waals surface area contributed by atoms with Crippen molar-refractivity contribution in [1.29, 1.82) is 0 Å². The van der Waals surface area contributed by atoms with Gasteiger partial charge in [-0.05, 0) is 24.3 Å². The topological polar surface area (TPSA) is 3.24 Å². The van der Waals surface area contributed by atoms with Crippen LogP contribution in [0.3, 0.4) is 0 Å². The third kappa shape index (κ3) is 2.42. The Balaban J connectivity index is 1.86. The Hall–Kier alpha value is -0.600. The average molecular weight is 193 g/mol. The summed E-state index contributed by atoms with van der Waals surface area (Å²) in [6.45, 7) is 7.53. The smallest absolute Gasteiger partial charge is 0.0328 e. The molecule has 2 heteroatoms. The van der Waals surface area contributed by atoms with Crippen LogP contribution in [0.4, 0.5) is 0 Å². The second kappa shape index (κ2) is 4.07. The zero-order valence-electron chi connectivity index (χ0n) is 7.83. The number of nitrogens with zero attached hydrogens (tertiary/aromatic N) is 1. The highest BCUT2D eigenvalue weighted by Crippen LogP contribution is 2.18. The van der Waals surface area contributed by atoms with Gasteiger partial charge in [0.15, 0.2) is 0 Å². The normalized spacial score (nSPS) is 19.2. The molecule has 0 aliphatic carbocycles. The van der Waals surface area contributed by atoms with Crippen LogP contribution < -0.4 is 0 Å². The van der Waals surface area contributed by atoms with Crippen LogP contribution in [-0.4, -0.2) is 18.0 Å². The first-order chi connectivity index (χ1) is 6.34. The van der Waals surface area contributed by atoms with E-state index in [1.54, 1.807) is 0 Å². The zero-order chi connectivity index (χ0) is 9.10. The van der Waals surface area contributed by atoms with Gasteiger partial charge in [-0.15, -0.1) is 11.3 Å². The average Bonchev–Trinajstić information content (AvgIpc) is 2.62. The van der Waals surface area contributed by atoms with E-state index < -0.39 is 0 Å². The van der Waals surface area contributed by atoms with Crippen LogP contribution in [-0.2, 0) is 6.54 Å². The monoisotopic (exact) mass is 193 g/mol. The van der Waals surface area contributed by atoms with Crippen molar-refractivity contribution in [2.24, 2.45) is 0 Å². The van der Waals surface area contributed by atoms with Crippen molar-refractivity contribution in [3.05, 3.63) is 34.5 Å². The van der Waals surface area contributed by atoms with Gasteiger partial charge in [-0.2, -0.15) is 0 Å². The first-order valence-electron chi connectivity index (χ1n) is 4.76. The Labute approximate surface area is 83.7 Å². The first-order valence-corrected chi connectivity index (χ1v) is 5.64. The van der Waals surface area contributed by atoms with Gasteiger partial charge in [-0.25, -0.2) is 0 Å². The fourth-order valence-electron chi connectivity index (χ4n) is 1.65. The third-order valence-electron chi connectivity index (χ3n) is 2.52. The maximum Gasteiger partial charge on any atom is 0.0328 e. The van der Waals surface area contributed by atoms with Crippen LogP contribution in [0.15, 0.2) is 29.7 Å². The van der Waals surface area contributed by atoms with E-state index in [0.29, 0.717) is 0 Å². The molecule has 0 bridgehead atoms. The van der Waals surface area contributed by atoms with Gasteiger partial charge in [0.25, 0.3) is 0 Å². The van der Waals surface area contributed by atoms with Crippen molar-refractivity contribution in [2.45, 2.75) is 19.4 Å². The van der Waals surface area contributed by atoms with Crippen molar-refractivity contribution in [1.82, 2.24) is 4.90 Å². The van der Waals surface area contributed by atoms with Crippen LogP contribution in [0, 0.1) is 0 Å². The number of hydrogen-bond acceptors (Lipinski definition) is 2. The van der Waals surface area contributed by atoms with Crippen molar-refractivity contribution in [3.8, 4) is 0 Å². The van der Waals surface area contributed by atoms with Crippen molar-refractivity contribution < 1.29 is 0 Å². The molecule has 0 radical (unpaired) electrons. The van der Waals surface area contributed by atoms with Crippen LogP contribution in [0.1, 0.15) is 17.7 Å². The van der Waals surface area contributed by atoms with E-state index in [-0.39, 0.29) is 0 Å². The number of thiophene rings is 1. The van der Waals surface area contributed by atoms with E-state index in [2.05, 4.69) is 29.0 Å². The summed E-state index contributed by atoms with van der Waals surface area (Å²) in [5.74, 6) is 0. The molecule has 0 amide bonds. The van der Waals surface area contributed by atoms with Gasteiger partial charge in [0.1, 0.15) is 0 Å². The maximum absolute atomic E-state index is 4.02. The Morgan fingerprint density at radius 3 is 2.77 bits per heavy atom. The summed E-state index contributed by atoms with van der Waals surface area (Å²) in [7, 11) is 0. The molecule has 0 saturated carbocycles. The lowest BCUT2D eigenvalue weighted by molar-refractivity contribution is 0.250. The number of hydrogen-bond donors (Lipinski definition) is 0. The van der Waals surface area contributed by atoms with Crippen LogP contribution >= 0.6 is 11.3 Å². The lowest BCUT2D eigenvalue weighted by Gasteiger charge is -2.27. The van der Waals surface area contributed by atoms with Crippen LogP contribution in [0.25, 0.3) is 0 Å². The zero-order valence-corrected chi connectivity index (χ0v) is 8.65. The summed E-state index contributed by atoms with van der Waals surface area (Å²) in [5.41, 5.74) is 1.42. The van der Waals surface area contributed by atoms with Gasteiger partial charge in [0, 0.05) is 24.5 Å². The highest BCUT2D eigenvalue weighted by atomic mass is 32.1. The number of piperidine rings is 1. The second-order valence-corrected chi connectivity index (χ2v) is 4.64. The van der Waals surface area contributed by atoms with Gasteiger partial charge in [0.2, 0.25) is 0 Å². The van der Waals surface area contributed by atoms with Gasteiger partial charge < -0.3 is 0 Å². The maximum atomic E-state index is 4.02. The highest BCUT2D eigenvalue weighted by molar-refractivity contribution is 7.09. The van der Waals surface area contributed by atoms with Crippen molar-refractivity contribution in [2.75, 3.05) is 13.1 Å². The van der Waals surface area contributed by atoms with Gasteiger partial charge in [-0.3, -0.25) is 4.90 Å². The summed E-state index contributed by atoms with van der Waals surface area (Å²) >= 11 is 1.85. The molecular formula is C11H15NS. The van der Waals surface area contributed by atoms with E-state index in [1.807, 2.05) is 11.3 Å². The predicted molar refractivity (Wildman–Crippen MR) is 58.0 cm³/mol. The Morgan fingerprint density at radius 1 is 1.38 bits per heavy atom. The molecule has 0 atom stereocenters. The molecule has 1 nitrogen and oxygen atoms in total. The first kappa shape index (κ1) is 8.97. The molecule has 0 spiro atoms. The molecule has 1 aliphatic heterocycles. The van der Waals surface area contributed by atoms with E-state index in [1.165, 1.54) is 36.4 Å². The van der Waals surface area contributed by atoms with E-state index in [9.17, 15) is 0 Å². The highest BCUT2D eigenvalue weighted by Gasteiger charge is 2.12. The molecular weight excluding hydrogens is 178 g/mol. The minimum atomic E-state index is 1.13. The summed E-state index contributed by atoms with van der Waals surface area (Å²) in [4.78, 5) is 3.99. The fourth-order valence-corrected chi connectivity index (χ4v) is 2.40. The molecule has 1 aromatic rings. The fraction of sp³-hybridized carbons (Fsp3) is 0.455. The molecule has 2 rings (SSSR count). The minimum absolute atomic E-state index is 1.13. The number of likely N-dealkylation sites (tertiary alicyclic amines) is 1. The standard InChI is InChI=1S/C11H15NS/c1-10-4-6-12(7-5-10)9-11-3-2-8-13-11/h2-3,8H,1,4-7,9H2. The SMILES string of the molecule is C=C1CCN(Cc2cccs2)CC1. The lowest BCUT2D eigenvalue weighted by atomic mass is 10.1. The van der Waals surface area contributed by atoms with Crippen LogP contribution in [0.5, 0.6) is 0 Å². The van der Waals surface area contributed by atoms with Gasteiger partial charge >= 0.3 is 0 Å². The molecule has 0 aromatic carbocycles. The van der Waals surface area contributed by atoms with Gasteiger partial charge in [-0.1, -0.05) is 18.2 Å². The van der Waals surface area contributed by atoms with Crippen LogP contribution in [0.2, 0.25) is 0 Å². The molecule has 13 heavy (non-hydrogen) atoms. The van der Waals surface area contributed by atoms with Crippen molar-refractivity contribution >= 4 is 11.3 Å². The summed E-state index contributed by atoms with van der Waals surface area (Å²) in [5, 5.41) is 2.15. The molecule has 0 unspecified atom stereocenters. The number of rotatable bonds is 2. The third-order valence-corrected chi connectivity index (χ3v) is 3.38. The molecule has 1 aliphatic rings. The molecule has 2 heterocycles. The van der Waals surface area contributed by atoms with E-state index in [0.717, 1.165) is 6.54 Å². The molecule has 70 valence electrons. The quantitative estimate of drug-likeness (QED) is 0.653. The summed E-state index contributed by atoms with van der Waals surface area (Å²) < 4.78 is 0. The Morgan fingerprint density at radius 2 is 2.15 bits per heavy atom. The molecule has 1 aromatic heterocycles. The Bertz CT molecular complexity index is 266. The van der Waals surface area contributed by atoms with E-state index in [4.69, 9.17) is 0 Å².